The van der Waals surface area contributed by atoms with Gasteiger partial charge in [0, 0.05) is 19.6 Å². The Morgan fingerprint density at radius 2 is 2.11 bits per heavy atom. The summed E-state index contributed by atoms with van der Waals surface area (Å²) < 4.78 is 0. The molecule has 104 valence electrons. The van der Waals surface area contributed by atoms with Crippen molar-refractivity contribution < 1.29 is 15.0 Å². The van der Waals surface area contributed by atoms with E-state index in [1.54, 1.807) is 0 Å². The third-order valence-corrected chi connectivity index (χ3v) is 3.66. The average molecular weight is 264 g/mol. The SMILES string of the molecule is CN(Cc1ccccc1)[C@@H]1CN(C(=O)O)CC[C@H]1O. The number of amides is 1. The van der Waals surface area contributed by atoms with Gasteiger partial charge in [-0.1, -0.05) is 30.3 Å². The van der Waals surface area contributed by atoms with E-state index >= 15 is 0 Å². The lowest BCUT2D eigenvalue weighted by atomic mass is 10.0. The first-order chi connectivity index (χ1) is 9.08. The van der Waals surface area contributed by atoms with Crippen LogP contribution in [0.2, 0.25) is 0 Å². The summed E-state index contributed by atoms with van der Waals surface area (Å²) in [7, 11) is 1.92. The molecule has 2 atom stereocenters. The van der Waals surface area contributed by atoms with Gasteiger partial charge < -0.3 is 15.1 Å². The summed E-state index contributed by atoms with van der Waals surface area (Å²) in [6, 6.07) is 9.82. The largest absolute Gasteiger partial charge is 0.465 e. The van der Waals surface area contributed by atoms with Crippen molar-refractivity contribution in [1.82, 2.24) is 9.80 Å². The van der Waals surface area contributed by atoms with E-state index in [-0.39, 0.29) is 6.04 Å². The molecule has 0 unspecified atom stereocenters. The van der Waals surface area contributed by atoms with Crippen molar-refractivity contribution >= 4 is 6.09 Å². The molecule has 1 aromatic rings. The molecule has 0 aliphatic carbocycles. The molecule has 0 aromatic heterocycles. The zero-order valence-electron chi connectivity index (χ0n) is 11.1. The predicted molar refractivity (Wildman–Crippen MR) is 71.9 cm³/mol. The van der Waals surface area contributed by atoms with Gasteiger partial charge >= 0.3 is 6.09 Å². The highest BCUT2D eigenvalue weighted by molar-refractivity contribution is 5.65. The molecular weight excluding hydrogens is 244 g/mol. The Labute approximate surface area is 113 Å². The van der Waals surface area contributed by atoms with Crippen LogP contribution in [0.15, 0.2) is 30.3 Å². The summed E-state index contributed by atoms with van der Waals surface area (Å²) in [5.41, 5.74) is 1.16. The lowest BCUT2D eigenvalue weighted by Gasteiger charge is -2.39. The monoisotopic (exact) mass is 264 g/mol. The molecule has 0 spiro atoms. The molecule has 1 heterocycles. The third kappa shape index (κ3) is 3.45. The lowest BCUT2D eigenvalue weighted by molar-refractivity contribution is -0.000157. The number of aliphatic hydroxyl groups is 1. The van der Waals surface area contributed by atoms with Crippen molar-refractivity contribution in [2.75, 3.05) is 20.1 Å². The van der Waals surface area contributed by atoms with E-state index in [9.17, 15) is 9.90 Å². The highest BCUT2D eigenvalue weighted by Gasteiger charge is 2.32. The molecule has 1 fully saturated rings. The molecule has 0 radical (unpaired) electrons. The second-order valence-corrected chi connectivity index (χ2v) is 5.05. The van der Waals surface area contributed by atoms with Crippen LogP contribution in [-0.4, -0.2) is 58.4 Å². The van der Waals surface area contributed by atoms with E-state index in [0.29, 0.717) is 26.1 Å². The maximum atomic E-state index is 11.0. The Morgan fingerprint density at radius 1 is 1.42 bits per heavy atom. The van der Waals surface area contributed by atoms with Crippen LogP contribution in [0.5, 0.6) is 0 Å². The van der Waals surface area contributed by atoms with Gasteiger partial charge in [-0.05, 0) is 19.0 Å². The highest BCUT2D eigenvalue weighted by atomic mass is 16.4. The second kappa shape index (κ2) is 6.04. The summed E-state index contributed by atoms with van der Waals surface area (Å²) in [5.74, 6) is 0. The van der Waals surface area contributed by atoms with E-state index in [1.807, 2.05) is 42.3 Å². The number of rotatable bonds is 3. The highest BCUT2D eigenvalue weighted by Crippen LogP contribution is 2.17. The van der Waals surface area contributed by atoms with Crippen molar-refractivity contribution in [1.29, 1.82) is 0 Å². The van der Waals surface area contributed by atoms with Gasteiger partial charge in [0.05, 0.1) is 12.1 Å². The summed E-state index contributed by atoms with van der Waals surface area (Å²) >= 11 is 0. The number of aliphatic hydroxyl groups excluding tert-OH is 1. The molecule has 1 aromatic carbocycles. The molecule has 0 saturated carbocycles. The number of piperidine rings is 1. The average Bonchev–Trinajstić information content (AvgIpc) is 2.40. The van der Waals surface area contributed by atoms with Crippen LogP contribution >= 0.6 is 0 Å². The number of hydrogen-bond donors (Lipinski definition) is 2. The van der Waals surface area contributed by atoms with Crippen LogP contribution in [0.4, 0.5) is 4.79 Å². The molecule has 5 heteroatoms. The minimum absolute atomic E-state index is 0.148. The number of likely N-dealkylation sites (N-methyl/N-ethyl adjacent to an activating group) is 1. The molecule has 1 aliphatic heterocycles. The van der Waals surface area contributed by atoms with Crippen LogP contribution in [0.3, 0.4) is 0 Å². The maximum Gasteiger partial charge on any atom is 0.407 e. The van der Waals surface area contributed by atoms with Gasteiger partial charge in [0.25, 0.3) is 0 Å². The Morgan fingerprint density at radius 3 is 2.74 bits per heavy atom. The molecular formula is C14H20N2O3. The first-order valence-electron chi connectivity index (χ1n) is 6.48. The molecule has 0 bridgehead atoms. The van der Waals surface area contributed by atoms with Gasteiger partial charge in [0.15, 0.2) is 0 Å². The summed E-state index contributed by atoms with van der Waals surface area (Å²) in [6.45, 7) is 1.47. The van der Waals surface area contributed by atoms with Crippen LogP contribution in [0.1, 0.15) is 12.0 Å². The van der Waals surface area contributed by atoms with E-state index < -0.39 is 12.2 Å². The van der Waals surface area contributed by atoms with Crippen molar-refractivity contribution in [3.63, 3.8) is 0 Å². The van der Waals surface area contributed by atoms with Crippen molar-refractivity contribution in [2.45, 2.75) is 25.1 Å². The molecule has 5 nitrogen and oxygen atoms in total. The number of carbonyl (C=O) groups is 1. The quantitative estimate of drug-likeness (QED) is 0.862. The maximum absolute atomic E-state index is 11.0. The molecule has 2 rings (SSSR count). The first kappa shape index (κ1) is 13.8. The van der Waals surface area contributed by atoms with Gasteiger partial charge in [0.1, 0.15) is 0 Å². The zero-order valence-corrected chi connectivity index (χ0v) is 11.1. The molecule has 1 saturated heterocycles. The Balaban J connectivity index is 2.00. The van der Waals surface area contributed by atoms with Crippen LogP contribution in [-0.2, 0) is 6.54 Å². The number of nitrogens with zero attached hydrogens (tertiary/aromatic N) is 2. The van der Waals surface area contributed by atoms with Gasteiger partial charge in [-0.3, -0.25) is 4.90 Å². The number of hydrogen-bond acceptors (Lipinski definition) is 3. The van der Waals surface area contributed by atoms with Crippen LogP contribution < -0.4 is 0 Å². The van der Waals surface area contributed by atoms with Gasteiger partial charge in [0.2, 0.25) is 0 Å². The standard InChI is InChI=1S/C14H20N2O3/c1-15(9-11-5-3-2-4-6-11)12-10-16(14(18)19)8-7-13(12)17/h2-6,12-13,17H,7-10H2,1H3,(H,18,19)/t12-,13-/m1/s1. The number of likely N-dealkylation sites (tertiary alicyclic amines) is 1. The van der Waals surface area contributed by atoms with Crippen LogP contribution in [0, 0.1) is 0 Å². The Hall–Kier alpha value is -1.59. The topological polar surface area (TPSA) is 64.0 Å². The van der Waals surface area contributed by atoms with Crippen molar-refractivity contribution in [3.8, 4) is 0 Å². The number of carboxylic acid groups (broad SMARTS) is 1. The minimum atomic E-state index is -0.912. The third-order valence-electron chi connectivity index (χ3n) is 3.66. The lowest BCUT2D eigenvalue weighted by Crippen LogP contribution is -2.55. The molecule has 1 amide bonds. The van der Waals surface area contributed by atoms with E-state index in [2.05, 4.69) is 0 Å². The van der Waals surface area contributed by atoms with E-state index in [0.717, 1.165) is 5.56 Å². The summed E-state index contributed by atoms with van der Waals surface area (Å²) in [5, 5.41) is 19.1. The second-order valence-electron chi connectivity index (χ2n) is 5.05. The normalized spacial score (nSPS) is 23.6. The van der Waals surface area contributed by atoms with Gasteiger partial charge in [-0.25, -0.2) is 4.79 Å². The van der Waals surface area contributed by atoms with E-state index in [1.165, 1.54) is 4.90 Å². The van der Waals surface area contributed by atoms with Crippen molar-refractivity contribution in [3.05, 3.63) is 35.9 Å². The fourth-order valence-corrected chi connectivity index (χ4v) is 2.51. The summed E-state index contributed by atoms with van der Waals surface area (Å²) in [4.78, 5) is 14.4. The molecule has 1 aliphatic rings. The minimum Gasteiger partial charge on any atom is -0.465 e. The van der Waals surface area contributed by atoms with Crippen LogP contribution in [0.25, 0.3) is 0 Å². The van der Waals surface area contributed by atoms with E-state index in [4.69, 9.17) is 5.11 Å². The van der Waals surface area contributed by atoms with Gasteiger partial charge in [-0.15, -0.1) is 0 Å². The smallest absolute Gasteiger partial charge is 0.407 e. The summed E-state index contributed by atoms with van der Waals surface area (Å²) in [6.07, 6.45) is -0.884. The Bertz CT molecular complexity index is 424. The van der Waals surface area contributed by atoms with Crippen molar-refractivity contribution in [2.24, 2.45) is 0 Å². The molecule has 19 heavy (non-hydrogen) atoms. The fraction of sp³-hybridized carbons (Fsp3) is 0.500. The first-order valence-corrected chi connectivity index (χ1v) is 6.48. The van der Waals surface area contributed by atoms with Gasteiger partial charge in [-0.2, -0.15) is 0 Å². The number of benzene rings is 1. The zero-order chi connectivity index (χ0) is 13.8. The predicted octanol–water partition coefficient (Wildman–Crippen LogP) is 1.23. The Kier molecular flexibility index (Phi) is 4.39. The fourth-order valence-electron chi connectivity index (χ4n) is 2.51. The molecule has 2 N–H and O–H groups in total.